The second-order valence-electron chi connectivity index (χ2n) is 5.84. The fourth-order valence-corrected chi connectivity index (χ4v) is 1.75. The Morgan fingerprint density at radius 1 is 1.14 bits per heavy atom. The molecule has 3 nitrogen and oxygen atoms in total. The zero-order valence-corrected chi connectivity index (χ0v) is 13.9. The van der Waals surface area contributed by atoms with Crippen LogP contribution in [0.25, 0.3) is 0 Å². The van der Waals surface area contributed by atoms with Crippen molar-refractivity contribution in [3.8, 4) is 23.3 Å². The summed E-state index contributed by atoms with van der Waals surface area (Å²) in [4.78, 5) is 0. The molecule has 0 atom stereocenters. The van der Waals surface area contributed by atoms with Gasteiger partial charge in [0.25, 0.3) is 0 Å². The molecule has 0 spiro atoms. The van der Waals surface area contributed by atoms with Crippen molar-refractivity contribution in [2.24, 2.45) is 0 Å². The minimum Gasteiger partial charge on any atom is -0.490 e. The van der Waals surface area contributed by atoms with Crippen LogP contribution in [0.15, 0.2) is 18.2 Å². The lowest BCUT2D eigenvalue weighted by molar-refractivity contribution is 0.281. The molecule has 1 aromatic carbocycles. The van der Waals surface area contributed by atoms with Crippen LogP contribution in [0.1, 0.15) is 46.6 Å². The second-order valence-corrected chi connectivity index (χ2v) is 5.84. The molecular formula is C18H27NO2. The Morgan fingerprint density at radius 2 is 1.90 bits per heavy atom. The molecule has 1 N–H and O–H groups in total. The number of hydrogen-bond acceptors (Lipinski definition) is 3. The Kier molecular flexibility index (Phi) is 7.11. The largest absolute Gasteiger partial charge is 0.490 e. The van der Waals surface area contributed by atoms with Crippen LogP contribution in [-0.2, 0) is 6.54 Å². The number of benzene rings is 1. The first kappa shape index (κ1) is 17.4. The van der Waals surface area contributed by atoms with Gasteiger partial charge in [0, 0.05) is 18.5 Å². The van der Waals surface area contributed by atoms with Crippen LogP contribution >= 0.6 is 0 Å². The van der Waals surface area contributed by atoms with Gasteiger partial charge in [0.05, 0.1) is 13.2 Å². The van der Waals surface area contributed by atoms with Crippen molar-refractivity contribution in [1.29, 1.82) is 0 Å². The highest BCUT2D eigenvalue weighted by Gasteiger charge is 2.10. The van der Waals surface area contributed by atoms with E-state index >= 15 is 0 Å². The van der Waals surface area contributed by atoms with Crippen molar-refractivity contribution >= 4 is 0 Å². The van der Waals surface area contributed by atoms with Crippen LogP contribution in [0.2, 0.25) is 0 Å². The molecule has 0 aliphatic heterocycles. The lowest BCUT2D eigenvalue weighted by Crippen LogP contribution is -2.35. The lowest BCUT2D eigenvalue weighted by Gasteiger charge is -2.21. The maximum Gasteiger partial charge on any atom is 0.161 e. The molecule has 0 heterocycles. The van der Waals surface area contributed by atoms with Crippen molar-refractivity contribution in [2.75, 3.05) is 13.2 Å². The number of hydrogen-bond donors (Lipinski definition) is 1. The third kappa shape index (κ3) is 7.06. The highest BCUT2D eigenvalue weighted by atomic mass is 16.5. The number of ether oxygens (including phenoxy) is 2. The van der Waals surface area contributed by atoms with Gasteiger partial charge in [-0.15, -0.1) is 11.8 Å². The molecule has 0 unspecified atom stereocenters. The molecule has 3 heteroatoms. The standard InChI is InChI=1S/C18H27NO2/c1-6-8-9-12-21-16-11-10-15(13-17(16)20-7-2)14-19-18(3,4)5/h10-11,13,19H,7,9,12,14H2,1-5H3. The minimum absolute atomic E-state index is 0.0970. The molecule has 21 heavy (non-hydrogen) atoms. The topological polar surface area (TPSA) is 30.5 Å². The predicted octanol–water partition coefficient (Wildman–Crippen LogP) is 3.77. The molecule has 0 radical (unpaired) electrons. The maximum absolute atomic E-state index is 5.74. The van der Waals surface area contributed by atoms with E-state index in [9.17, 15) is 0 Å². The van der Waals surface area contributed by atoms with Crippen molar-refractivity contribution in [2.45, 2.75) is 53.1 Å². The van der Waals surface area contributed by atoms with Crippen molar-refractivity contribution < 1.29 is 9.47 Å². The van der Waals surface area contributed by atoms with Gasteiger partial charge >= 0.3 is 0 Å². The summed E-state index contributed by atoms with van der Waals surface area (Å²) in [6, 6.07) is 6.09. The molecular weight excluding hydrogens is 262 g/mol. The Morgan fingerprint density at radius 3 is 2.52 bits per heavy atom. The van der Waals surface area contributed by atoms with E-state index in [1.165, 1.54) is 5.56 Å². The average molecular weight is 289 g/mol. The van der Waals surface area contributed by atoms with Gasteiger partial charge in [0.15, 0.2) is 11.5 Å². The zero-order chi connectivity index (χ0) is 15.7. The summed E-state index contributed by atoms with van der Waals surface area (Å²) in [7, 11) is 0. The molecule has 0 saturated carbocycles. The Bertz CT molecular complexity index is 492. The fourth-order valence-electron chi connectivity index (χ4n) is 1.75. The zero-order valence-electron chi connectivity index (χ0n) is 13.9. The van der Waals surface area contributed by atoms with Crippen LogP contribution in [0.5, 0.6) is 11.5 Å². The molecule has 0 aliphatic rings. The molecule has 1 rings (SSSR count). The normalized spacial score (nSPS) is 10.7. The number of rotatable bonds is 7. The fraction of sp³-hybridized carbons (Fsp3) is 0.556. The third-order valence-electron chi connectivity index (χ3n) is 2.79. The molecule has 116 valence electrons. The van der Waals surface area contributed by atoms with Crippen LogP contribution < -0.4 is 14.8 Å². The quantitative estimate of drug-likeness (QED) is 0.612. The number of nitrogens with one attached hydrogen (secondary N) is 1. The molecule has 0 fully saturated rings. The van der Waals surface area contributed by atoms with E-state index in [-0.39, 0.29) is 5.54 Å². The van der Waals surface area contributed by atoms with Crippen molar-refractivity contribution in [3.05, 3.63) is 23.8 Å². The highest BCUT2D eigenvalue weighted by Crippen LogP contribution is 2.28. The molecule has 0 aliphatic carbocycles. The monoisotopic (exact) mass is 289 g/mol. The Balaban J connectivity index is 2.72. The van der Waals surface area contributed by atoms with Gasteiger partial charge in [0.2, 0.25) is 0 Å². The smallest absolute Gasteiger partial charge is 0.161 e. The van der Waals surface area contributed by atoms with E-state index in [2.05, 4.69) is 44.0 Å². The van der Waals surface area contributed by atoms with Gasteiger partial charge in [-0.25, -0.2) is 0 Å². The molecule has 1 aromatic rings. The molecule has 0 aromatic heterocycles. The van der Waals surface area contributed by atoms with Gasteiger partial charge in [-0.3, -0.25) is 0 Å². The summed E-state index contributed by atoms with van der Waals surface area (Å²) in [5.41, 5.74) is 1.29. The Labute approximate surface area is 129 Å². The SMILES string of the molecule is CC#CCCOc1ccc(CNC(C)(C)C)cc1OCC. The third-order valence-corrected chi connectivity index (χ3v) is 2.79. The van der Waals surface area contributed by atoms with Gasteiger partial charge in [-0.2, -0.15) is 0 Å². The summed E-state index contributed by atoms with van der Waals surface area (Å²) in [6.45, 7) is 12.3. The highest BCUT2D eigenvalue weighted by molar-refractivity contribution is 5.43. The second kappa shape index (κ2) is 8.59. The predicted molar refractivity (Wildman–Crippen MR) is 87.8 cm³/mol. The van der Waals surface area contributed by atoms with Crippen molar-refractivity contribution in [3.63, 3.8) is 0 Å². The van der Waals surface area contributed by atoms with Crippen LogP contribution in [0.3, 0.4) is 0 Å². The summed E-state index contributed by atoms with van der Waals surface area (Å²) >= 11 is 0. The minimum atomic E-state index is 0.0970. The van der Waals surface area contributed by atoms with Gasteiger partial charge in [-0.05, 0) is 52.3 Å². The summed E-state index contributed by atoms with van der Waals surface area (Å²) in [5, 5.41) is 3.47. The van der Waals surface area contributed by atoms with E-state index in [0.29, 0.717) is 13.2 Å². The first-order valence-corrected chi connectivity index (χ1v) is 7.49. The average Bonchev–Trinajstić information content (AvgIpc) is 2.42. The van der Waals surface area contributed by atoms with E-state index in [0.717, 1.165) is 24.5 Å². The summed E-state index contributed by atoms with van der Waals surface area (Å²) < 4.78 is 11.4. The summed E-state index contributed by atoms with van der Waals surface area (Å²) in [5.74, 6) is 7.44. The van der Waals surface area contributed by atoms with Crippen molar-refractivity contribution in [1.82, 2.24) is 5.32 Å². The van der Waals surface area contributed by atoms with Gasteiger partial charge in [-0.1, -0.05) is 6.07 Å². The van der Waals surface area contributed by atoms with Crippen LogP contribution in [0, 0.1) is 11.8 Å². The first-order chi connectivity index (χ1) is 9.96. The molecule has 0 saturated heterocycles. The van der Waals surface area contributed by atoms with Gasteiger partial charge < -0.3 is 14.8 Å². The molecule has 0 bridgehead atoms. The lowest BCUT2D eigenvalue weighted by atomic mass is 10.1. The van der Waals surface area contributed by atoms with Crippen LogP contribution in [0.4, 0.5) is 0 Å². The van der Waals surface area contributed by atoms with Crippen LogP contribution in [-0.4, -0.2) is 18.8 Å². The van der Waals surface area contributed by atoms with E-state index < -0.39 is 0 Å². The maximum atomic E-state index is 5.74. The van der Waals surface area contributed by atoms with E-state index in [1.807, 2.05) is 26.0 Å². The first-order valence-electron chi connectivity index (χ1n) is 7.49. The summed E-state index contributed by atoms with van der Waals surface area (Å²) in [6.07, 6.45) is 0.732. The van der Waals surface area contributed by atoms with E-state index in [1.54, 1.807) is 0 Å². The molecule has 0 amide bonds. The Hall–Kier alpha value is -1.66. The van der Waals surface area contributed by atoms with E-state index in [4.69, 9.17) is 9.47 Å². The van der Waals surface area contributed by atoms with Gasteiger partial charge in [0.1, 0.15) is 0 Å².